The van der Waals surface area contributed by atoms with Crippen LogP contribution in [0.3, 0.4) is 0 Å². The van der Waals surface area contributed by atoms with Gasteiger partial charge in [0.05, 0.1) is 21.3 Å². The van der Waals surface area contributed by atoms with Crippen molar-refractivity contribution in [2.75, 3.05) is 0 Å². The van der Waals surface area contributed by atoms with Crippen molar-refractivity contribution in [3.8, 4) is 0 Å². The third-order valence-corrected chi connectivity index (χ3v) is 2.98. The molecule has 2 N–H and O–H groups in total. The molecule has 1 atom stereocenters. The Kier molecular flexibility index (Phi) is 2.56. The van der Waals surface area contributed by atoms with Gasteiger partial charge in [-0.15, -0.1) is 11.3 Å². The van der Waals surface area contributed by atoms with Gasteiger partial charge in [-0.3, -0.25) is 0 Å². The highest BCUT2D eigenvalue weighted by Crippen LogP contribution is 2.21. The molecule has 0 aliphatic carbocycles. The van der Waals surface area contributed by atoms with Gasteiger partial charge in [0, 0.05) is 6.42 Å². The number of rotatable bonds is 3. The minimum absolute atomic E-state index is 0.435. The minimum atomic E-state index is -0.435. The lowest BCUT2D eigenvalue weighted by atomic mass is 10.2. The molecule has 0 spiro atoms. The monoisotopic (exact) mass is 206 g/mol. The van der Waals surface area contributed by atoms with Gasteiger partial charge in [-0.25, -0.2) is 4.98 Å². The Balaban J connectivity index is 2.31. The number of aromatic nitrogens is 1. The molecule has 0 aliphatic rings. The van der Waals surface area contributed by atoms with Crippen molar-refractivity contribution in [2.24, 2.45) is 5.73 Å². The van der Waals surface area contributed by atoms with Crippen LogP contribution in [-0.4, -0.2) is 17.3 Å². The van der Waals surface area contributed by atoms with Crippen LogP contribution < -0.4 is 5.73 Å². The van der Waals surface area contributed by atoms with Gasteiger partial charge in [0.1, 0.15) is 6.29 Å². The van der Waals surface area contributed by atoms with E-state index in [9.17, 15) is 4.79 Å². The number of nitrogens with zero attached hydrogens (tertiary/aromatic N) is 1. The van der Waals surface area contributed by atoms with E-state index in [0.717, 1.165) is 21.5 Å². The first-order valence-electron chi connectivity index (χ1n) is 4.35. The maximum atomic E-state index is 10.4. The summed E-state index contributed by atoms with van der Waals surface area (Å²) in [5.41, 5.74) is 6.50. The molecule has 0 fully saturated rings. The van der Waals surface area contributed by atoms with Gasteiger partial charge in [-0.05, 0) is 12.1 Å². The molecule has 0 radical (unpaired) electrons. The Bertz CT molecular complexity index is 419. The molecule has 1 aromatic heterocycles. The minimum Gasteiger partial charge on any atom is -0.321 e. The summed E-state index contributed by atoms with van der Waals surface area (Å²) >= 11 is 1.59. The lowest BCUT2D eigenvalue weighted by molar-refractivity contribution is -0.108. The fourth-order valence-electron chi connectivity index (χ4n) is 1.26. The third kappa shape index (κ3) is 1.81. The standard InChI is InChI=1S/C10H10N2OS/c11-7(6-13)5-10-12-8-3-1-2-4-9(8)14-10/h1-4,6-7H,5,11H2/t7-/m0/s1. The van der Waals surface area contributed by atoms with Crippen molar-refractivity contribution < 1.29 is 4.79 Å². The molecule has 72 valence electrons. The average molecular weight is 206 g/mol. The van der Waals surface area contributed by atoms with Crippen LogP contribution >= 0.6 is 11.3 Å². The number of para-hydroxylation sites is 1. The van der Waals surface area contributed by atoms with Crippen molar-refractivity contribution >= 4 is 27.8 Å². The van der Waals surface area contributed by atoms with Crippen molar-refractivity contribution in [1.82, 2.24) is 4.98 Å². The zero-order valence-corrected chi connectivity index (χ0v) is 8.33. The quantitative estimate of drug-likeness (QED) is 0.771. The van der Waals surface area contributed by atoms with Crippen molar-refractivity contribution in [3.05, 3.63) is 29.3 Å². The first kappa shape index (κ1) is 9.30. The fourth-order valence-corrected chi connectivity index (χ4v) is 2.30. The SMILES string of the molecule is N[C@H](C=O)Cc1nc2ccccc2s1. The number of fused-ring (bicyclic) bond motifs is 1. The third-order valence-electron chi connectivity index (χ3n) is 1.92. The van der Waals surface area contributed by atoms with Gasteiger partial charge in [-0.1, -0.05) is 12.1 Å². The maximum Gasteiger partial charge on any atom is 0.137 e. The number of carbonyl (C=O) groups is 1. The van der Waals surface area contributed by atoms with Gasteiger partial charge in [-0.2, -0.15) is 0 Å². The summed E-state index contributed by atoms with van der Waals surface area (Å²) in [7, 11) is 0. The summed E-state index contributed by atoms with van der Waals surface area (Å²) in [6.07, 6.45) is 1.29. The van der Waals surface area contributed by atoms with E-state index < -0.39 is 6.04 Å². The van der Waals surface area contributed by atoms with E-state index >= 15 is 0 Å². The average Bonchev–Trinajstić information content (AvgIpc) is 2.59. The van der Waals surface area contributed by atoms with Crippen LogP contribution in [0.2, 0.25) is 0 Å². The number of benzene rings is 1. The van der Waals surface area contributed by atoms with Gasteiger partial charge >= 0.3 is 0 Å². The van der Waals surface area contributed by atoms with Gasteiger partial charge in [0.25, 0.3) is 0 Å². The van der Waals surface area contributed by atoms with Crippen LogP contribution in [0, 0.1) is 0 Å². The van der Waals surface area contributed by atoms with Crippen molar-refractivity contribution in [2.45, 2.75) is 12.5 Å². The molecule has 1 aromatic carbocycles. The second kappa shape index (κ2) is 3.86. The van der Waals surface area contributed by atoms with Crippen molar-refractivity contribution in [3.63, 3.8) is 0 Å². The Morgan fingerprint density at radius 3 is 3.00 bits per heavy atom. The number of nitrogens with two attached hydrogens (primary N) is 1. The number of hydrogen-bond donors (Lipinski definition) is 1. The lowest BCUT2D eigenvalue weighted by Gasteiger charge is -1.97. The fraction of sp³-hybridized carbons (Fsp3) is 0.200. The van der Waals surface area contributed by atoms with E-state index in [1.807, 2.05) is 24.3 Å². The predicted molar refractivity (Wildman–Crippen MR) is 57.4 cm³/mol. The first-order valence-corrected chi connectivity index (χ1v) is 5.16. The van der Waals surface area contributed by atoms with Gasteiger partial charge in [0.2, 0.25) is 0 Å². The zero-order chi connectivity index (χ0) is 9.97. The van der Waals surface area contributed by atoms with Crippen LogP contribution in [0.1, 0.15) is 5.01 Å². The second-order valence-electron chi connectivity index (χ2n) is 3.08. The summed E-state index contributed by atoms with van der Waals surface area (Å²) in [5.74, 6) is 0. The van der Waals surface area contributed by atoms with Crippen LogP contribution in [0.5, 0.6) is 0 Å². The van der Waals surface area contributed by atoms with Crippen LogP contribution in [0.4, 0.5) is 0 Å². The van der Waals surface area contributed by atoms with E-state index in [-0.39, 0.29) is 0 Å². The maximum absolute atomic E-state index is 10.4. The van der Waals surface area contributed by atoms with Gasteiger partial charge < -0.3 is 10.5 Å². The van der Waals surface area contributed by atoms with E-state index in [4.69, 9.17) is 5.73 Å². The highest BCUT2D eigenvalue weighted by Gasteiger charge is 2.07. The zero-order valence-electron chi connectivity index (χ0n) is 7.51. The smallest absolute Gasteiger partial charge is 0.137 e. The molecule has 0 unspecified atom stereocenters. The van der Waals surface area contributed by atoms with E-state index in [1.54, 1.807) is 11.3 Å². The number of carbonyl (C=O) groups excluding carboxylic acids is 1. The molecule has 0 bridgehead atoms. The molecular weight excluding hydrogens is 196 g/mol. The number of hydrogen-bond acceptors (Lipinski definition) is 4. The Hall–Kier alpha value is -1.26. The molecule has 2 rings (SSSR count). The lowest BCUT2D eigenvalue weighted by Crippen LogP contribution is -2.23. The van der Waals surface area contributed by atoms with Crippen molar-refractivity contribution in [1.29, 1.82) is 0 Å². The molecule has 1 heterocycles. The highest BCUT2D eigenvalue weighted by molar-refractivity contribution is 7.18. The summed E-state index contributed by atoms with van der Waals surface area (Å²) < 4.78 is 1.14. The second-order valence-corrected chi connectivity index (χ2v) is 4.19. The summed E-state index contributed by atoms with van der Waals surface area (Å²) in [6, 6.07) is 7.47. The van der Waals surface area contributed by atoms with E-state index in [2.05, 4.69) is 4.98 Å². The van der Waals surface area contributed by atoms with Gasteiger partial charge in [0.15, 0.2) is 0 Å². The Labute approximate surface area is 85.6 Å². The molecule has 3 nitrogen and oxygen atoms in total. The molecule has 0 aliphatic heterocycles. The Morgan fingerprint density at radius 2 is 2.29 bits per heavy atom. The van der Waals surface area contributed by atoms with Crippen LogP contribution in [-0.2, 0) is 11.2 Å². The predicted octanol–water partition coefficient (Wildman–Crippen LogP) is 1.36. The normalized spacial score (nSPS) is 12.9. The van der Waals surface area contributed by atoms with Crippen LogP contribution in [0.25, 0.3) is 10.2 Å². The largest absolute Gasteiger partial charge is 0.321 e. The topological polar surface area (TPSA) is 56.0 Å². The van der Waals surface area contributed by atoms with E-state index in [0.29, 0.717) is 6.42 Å². The molecule has 14 heavy (non-hydrogen) atoms. The molecule has 0 amide bonds. The molecule has 4 heteroatoms. The molecule has 2 aromatic rings. The Morgan fingerprint density at radius 1 is 1.50 bits per heavy atom. The molecule has 0 saturated carbocycles. The van der Waals surface area contributed by atoms with Crippen LogP contribution in [0.15, 0.2) is 24.3 Å². The number of aldehydes is 1. The first-order chi connectivity index (χ1) is 6.79. The summed E-state index contributed by atoms with van der Waals surface area (Å²) in [4.78, 5) is 14.8. The molecular formula is C10H10N2OS. The summed E-state index contributed by atoms with van der Waals surface area (Å²) in [6.45, 7) is 0. The van der Waals surface area contributed by atoms with E-state index in [1.165, 1.54) is 0 Å². The number of thiazole rings is 1. The summed E-state index contributed by atoms with van der Waals surface area (Å²) in [5, 5.41) is 0.922. The molecule has 0 saturated heterocycles. The highest BCUT2D eigenvalue weighted by atomic mass is 32.1.